The molecule has 0 amide bonds. The summed E-state index contributed by atoms with van der Waals surface area (Å²) in [6.45, 7) is 1.88. The molecule has 0 spiro atoms. The van der Waals surface area contributed by atoms with Crippen molar-refractivity contribution in [2.75, 3.05) is 19.0 Å². The Labute approximate surface area is 149 Å². The number of aromatic hydroxyl groups is 1. The molecule has 1 N–H and O–H groups in total. The Kier molecular flexibility index (Phi) is 8.75. The van der Waals surface area contributed by atoms with Crippen LogP contribution in [0.15, 0.2) is 36.4 Å². The second-order valence-electron chi connectivity index (χ2n) is 4.72. The van der Waals surface area contributed by atoms with E-state index in [4.69, 9.17) is 18.6 Å². The minimum atomic E-state index is -0.556. The molecule has 0 bridgehead atoms. The van der Waals surface area contributed by atoms with E-state index in [1.54, 1.807) is 6.07 Å². The Bertz CT molecular complexity index is 628. The number of hydrogen-bond donors (Lipinski definition) is 1. The van der Waals surface area contributed by atoms with Crippen LogP contribution >= 0.6 is 27.2 Å². The van der Waals surface area contributed by atoms with Gasteiger partial charge in [-0.25, -0.2) is 4.39 Å². The molecule has 0 aromatic heterocycles. The summed E-state index contributed by atoms with van der Waals surface area (Å²) in [5.74, 6) is 0.0839. The van der Waals surface area contributed by atoms with Crippen molar-refractivity contribution >= 4 is 43.5 Å². The molecule has 118 valence electrons. The second kappa shape index (κ2) is 9.75. The molecule has 0 saturated heterocycles. The van der Waals surface area contributed by atoms with Crippen LogP contribution in [0.25, 0.3) is 0 Å². The molecule has 0 heterocycles. The van der Waals surface area contributed by atoms with Crippen LogP contribution in [0.2, 0.25) is 0 Å². The summed E-state index contributed by atoms with van der Waals surface area (Å²) < 4.78 is 13.3. The third kappa shape index (κ3) is 5.72. The predicted molar refractivity (Wildman–Crippen MR) is 92.9 cm³/mol. The fourth-order valence-electron chi connectivity index (χ4n) is 1.89. The van der Waals surface area contributed by atoms with Crippen molar-refractivity contribution in [2.24, 2.45) is 0 Å². The molecule has 2 aromatic carbocycles. The van der Waals surface area contributed by atoms with Crippen molar-refractivity contribution in [3.63, 3.8) is 0 Å². The van der Waals surface area contributed by atoms with Crippen molar-refractivity contribution in [1.29, 1.82) is 0 Å². The van der Waals surface area contributed by atoms with Crippen molar-refractivity contribution in [3.8, 4) is 5.75 Å². The summed E-state index contributed by atoms with van der Waals surface area (Å²) in [7, 11) is 13.9. The molecular weight excluding hydrogens is 379 g/mol. The zero-order chi connectivity index (χ0) is 16.7. The Morgan fingerprint density at radius 3 is 2.36 bits per heavy atom. The van der Waals surface area contributed by atoms with Gasteiger partial charge < -0.3 is 10.0 Å². The molecule has 0 aliphatic rings. The summed E-state index contributed by atoms with van der Waals surface area (Å²) in [5.41, 5.74) is 1.71. The Morgan fingerprint density at radius 2 is 1.77 bits per heavy atom. The number of phenols is 1. The molecular formula is C15H17Cl2FNOPTi. The first kappa shape index (κ1) is 19.7. The van der Waals surface area contributed by atoms with Crippen LogP contribution in [0, 0.1) is 12.7 Å². The Balaban J connectivity index is 0.000000745. The first-order chi connectivity index (χ1) is 10.4. The molecule has 2 aromatic rings. The summed E-state index contributed by atoms with van der Waals surface area (Å²) in [6, 6.07) is 10.5. The van der Waals surface area contributed by atoms with E-state index in [9.17, 15) is 9.50 Å². The summed E-state index contributed by atoms with van der Waals surface area (Å²) >= 11 is -0.556. The van der Waals surface area contributed by atoms with Crippen molar-refractivity contribution in [3.05, 3.63) is 47.8 Å². The monoisotopic (exact) mass is 395 g/mol. The van der Waals surface area contributed by atoms with Gasteiger partial charge in [-0.15, -0.1) is 0 Å². The fourth-order valence-corrected chi connectivity index (χ4v) is 3.26. The molecule has 1 atom stereocenters. The molecule has 22 heavy (non-hydrogen) atoms. The number of halogens is 3. The van der Waals surface area contributed by atoms with E-state index in [1.165, 1.54) is 12.1 Å². The number of rotatable bonds is 3. The van der Waals surface area contributed by atoms with Gasteiger partial charge in [0, 0.05) is 30.4 Å². The molecule has 0 fully saturated rings. The maximum absolute atomic E-state index is 13.3. The van der Waals surface area contributed by atoms with Gasteiger partial charge >= 0.3 is 35.6 Å². The summed E-state index contributed by atoms with van der Waals surface area (Å²) in [6.07, 6.45) is 0. The van der Waals surface area contributed by atoms with Gasteiger partial charge in [-0.2, -0.15) is 0 Å². The molecule has 0 aliphatic carbocycles. The van der Waals surface area contributed by atoms with Crippen LogP contribution in [0.4, 0.5) is 10.1 Å². The molecule has 1 unspecified atom stereocenters. The normalized spacial score (nSPS) is 10.3. The average molecular weight is 396 g/mol. The van der Waals surface area contributed by atoms with Crippen LogP contribution < -0.4 is 15.5 Å². The van der Waals surface area contributed by atoms with E-state index in [2.05, 4.69) is 0 Å². The topological polar surface area (TPSA) is 23.5 Å². The number of nitrogens with zero attached hydrogens (tertiary/aromatic N) is 1. The van der Waals surface area contributed by atoms with Gasteiger partial charge in [-0.05, 0) is 30.7 Å². The molecule has 2 nitrogen and oxygen atoms in total. The molecule has 7 heteroatoms. The maximum atomic E-state index is 13.3. The Morgan fingerprint density at radius 1 is 1.14 bits per heavy atom. The van der Waals surface area contributed by atoms with Crippen LogP contribution in [0.5, 0.6) is 5.75 Å². The number of phenolic OH excluding ortho intramolecular Hbond substituents is 1. The van der Waals surface area contributed by atoms with Crippen molar-refractivity contribution in [1.82, 2.24) is 0 Å². The van der Waals surface area contributed by atoms with Gasteiger partial charge in [0.15, 0.2) is 0 Å². The summed E-state index contributed by atoms with van der Waals surface area (Å²) in [4.78, 5) is 1.89. The molecule has 2 rings (SSSR count). The first-order valence-electron chi connectivity index (χ1n) is 6.39. The van der Waals surface area contributed by atoms with E-state index in [1.807, 2.05) is 44.1 Å². The minimum absolute atomic E-state index is 0.245. The number of anilines is 1. The van der Waals surface area contributed by atoms with Crippen molar-refractivity contribution < 1.29 is 26.5 Å². The van der Waals surface area contributed by atoms with Gasteiger partial charge in [0.25, 0.3) is 0 Å². The Hall–Kier alpha value is -0.306. The first-order valence-corrected chi connectivity index (χ1v) is 11.7. The van der Waals surface area contributed by atoms with E-state index in [0.717, 1.165) is 21.9 Å². The number of benzene rings is 2. The number of hydrogen-bond acceptors (Lipinski definition) is 2. The van der Waals surface area contributed by atoms with Crippen LogP contribution in [-0.4, -0.2) is 19.2 Å². The molecule has 0 saturated carbocycles. The fraction of sp³-hybridized carbons (Fsp3) is 0.200. The van der Waals surface area contributed by atoms with Gasteiger partial charge in [0.2, 0.25) is 0 Å². The zero-order valence-electron chi connectivity index (χ0n) is 12.5. The predicted octanol–water partition coefficient (Wildman–Crippen LogP) is 3.91. The van der Waals surface area contributed by atoms with E-state index < -0.39 is 17.0 Å². The zero-order valence-corrected chi connectivity index (χ0v) is 16.6. The van der Waals surface area contributed by atoms with E-state index >= 15 is 0 Å². The van der Waals surface area contributed by atoms with Gasteiger partial charge in [0.05, 0.1) is 0 Å². The van der Waals surface area contributed by atoms with Gasteiger partial charge in [-0.1, -0.05) is 26.8 Å². The van der Waals surface area contributed by atoms with Gasteiger partial charge in [0.1, 0.15) is 11.6 Å². The summed E-state index contributed by atoms with van der Waals surface area (Å²) in [5, 5.41) is 12.0. The molecule has 0 aliphatic heterocycles. The quantitative estimate of drug-likeness (QED) is 0.629. The molecule has 0 radical (unpaired) electrons. The van der Waals surface area contributed by atoms with Crippen LogP contribution in [0.3, 0.4) is 0 Å². The van der Waals surface area contributed by atoms with E-state index in [-0.39, 0.29) is 5.82 Å². The second-order valence-corrected chi connectivity index (χ2v) is 8.63. The average Bonchev–Trinajstić information content (AvgIpc) is 2.46. The van der Waals surface area contributed by atoms with Gasteiger partial charge in [-0.3, -0.25) is 0 Å². The van der Waals surface area contributed by atoms with Crippen molar-refractivity contribution in [2.45, 2.75) is 6.92 Å². The van der Waals surface area contributed by atoms with Crippen LogP contribution in [0.1, 0.15) is 5.56 Å². The SMILES string of the molecule is Cc1cccc(Pc2ccc(F)cc2N(C)C)c1O.[Cl][Ti][Cl]. The third-order valence-electron chi connectivity index (χ3n) is 2.95. The van der Waals surface area contributed by atoms with E-state index in [0.29, 0.717) is 14.3 Å². The number of aryl methyl sites for hydroxylation is 1. The number of para-hydroxylation sites is 1. The standard InChI is InChI=1S/C15H17FNOP.2ClH.Ti/c1-10-5-4-6-14(15(10)18)19-13-8-7-11(16)9-12(13)17(2)3;;;/h4-9,18-19H,1-3H3;2*1H;/q;;;+2/p-2. The van der Waals surface area contributed by atoms with Crippen LogP contribution in [-0.2, 0) is 17.0 Å². The third-order valence-corrected chi connectivity index (χ3v) is 4.31.